The zero-order chi connectivity index (χ0) is 17.4. The van der Waals surface area contributed by atoms with E-state index >= 15 is 0 Å². The minimum Gasteiger partial charge on any atom is -0.398 e. The third kappa shape index (κ3) is 2.66. The molecule has 4 aromatic rings. The summed E-state index contributed by atoms with van der Waals surface area (Å²) in [5, 5.41) is 1.86. The summed E-state index contributed by atoms with van der Waals surface area (Å²) >= 11 is 0. The second-order valence-electron chi connectivity index (χ2n) is 6.21. The summed E-state index contributed by atoms with van der Waals surface area (Å²) in [6.45, 7) is 2.58. The number of rotatable bonds is 3. The lowest BCUT2D eigenvalue weighted by Gasteiger charge is -2.13. The molecule has 0 saturated carbocycles. The van der Waals surface area contributed by atoms with Crippen LogP contribution in [0, 0.1) is 0 Å². The lowest BCUT2D eigenvalue weighted by atomic mass is 10.1. The third-order valence-electron chi connectivity index (χ3n) is 4.59. The number of aromatic nitrogens is 2. The molecule has 2 heterocycles. The molecule has 0 aliphatic heterocycles. The van der Waals surface area contributed by atoms with E-state index < -0.39 is 0 Å². The van der Waals surface area contributed by atoms with Gasteiger partial charge in [-0.05, 0) is 23.6 Å². The van der Waals surface area contributed by atoms with Crippen molar-refractivity contribution in [2.24, 2.45) is 0 Å². The molecule has 0 saturated heterocycles. The van der Waals surface area contributed by atoms with E-state index in [4.69, 9.17) is 10.7 Å². The molecule has 0 atom stereocenters. The molecule has 2 aromatic carbocycles. The summed E-state index contributed by atoms with van der Waals surface area (Å²) in [4.78, 5) is 17.4. The molecule has 124 valence electrons. The van der Waals surface area contributed by atoms with E-state index in [0.29, 0.717) is 17.9 Å². The van der Waals surface area contributed by atoms with Crippen LogP contribution in [-0.4, -0.2) is 9.55 Å². The highest BCUT2D eigenvalue weighted by atomic mass is 16.1. The van der Waals surface area contributed by atoms with Gasteiger partial charge < -0.3 is 5.73 Å². The lowest BCUT2D eigenvalue weighted by Crippen LogP contribution is -2.22. The first-order valence-electron chi connectivity index (χ1n) is 8.43. The van der Waals surface area contributed by atoms with Crippen molar-refractivity contribution in [1.82, 2.24) is 9.55 Å². The number of nitrogens with two attached hydrogens (primary N) is 1. The predicted octanol–water partition coefficient (Wildman–Crippen LogP) is 3.74. The molecule has 0 bridgehead atoms. The van der Waals surface area contributed by atoms with E-state index in [1.807, 2.05) is 48.5 Å². The molecule has 0 unspecified atom stereocenters. The van der Waals surface area contributed by atoms with Crippen molar-refractivity contribution in [3.05, 3.63) is 82.1 Å². The fourth-order valence-electron chi connectivity index (χ4n) is 3.27. The van der Waals surface area contributed by atoms with Gasteiger partial charge in [-0.2, -0.15) is 0 Å². The number of hydrogen-bond donors (Lipinski definition) is 1. The number of fused-ring (bicyclic) bond motifs is 2. The van der Waals surface area contributed by atoms with Crippen molar-refractivity contribution in [3.63, 3.8) is 0 Å². The summed E-state index contributed by atoms with van der Waals surface area (Å²) in [6, 6.07) is 19.6. The smallest absolute Gasteiger partial charge is 0.254 e. The van der Waals surface area contributed by atoms with Gasteiger partial charge >= 0.3 is 0 Å². The second-order valence-corrected chi connectivity index (χ2v) is 6.21. The van der Waals surface area contributed by atoms with Gasteiger partial charge in [0.25, 0.3) is 5.56 Å². The van der Waals surface area contributed by atoms with Crippen molar-refractivity contribution in [2.45, 2.75) is 19.9 Å². The van der Waals surface area contributed by atoms with Crippen LogP contribution in [0.15, 0.2) is 65.5 Å². The summed E-state index contributed by atoms with van der Waals surface area (Å²) in [5.74, 6) is 0. The largest absolute Gasteiger partial charge is 0.398 e. The number of pyridine rings is 2. The minimum atomic E-state index is -0.130. The van der Waals surface area contributed by atoms with Gasteiger partial charge in [-0.15, -0.1) is 0 Å². The topological polar surface area (TPSA) is 60.9 Å². The van der Waals surface area contributed by atoms with E-state index in [0.717, 1.165) is 28.3 Å². The molecule has 0 fully saturated rings. The van der Waals surface area contributed by atoms with Crippen LogP contribution in [0.4, 0.5) is 5.69 Å². The molecule has 0 radical (unpaired) electrons. The molecule has 0 amide bonds. The number of nitrogens with zero attached hydrogens (tertiary/aromatic N) is 2. The molecule has 4 rings (SSSR count). The highest BCUT2D eigenvalue weighted by Crippen LogP contribution is 2.25. The average Bonchev–Trinajstić information content (AvgIpc) is 2.64. The Morgan fingerprint density at radius 3 is 2.60 bits per heavy atom. The predicted molar refractivity (Wildman–Crippen MR) is 103 cm³/mol. The van der Waals surface area contributed by atoms with Crippen LogP contribution in [0.1, 0.15) is 18.1 Å². The first kappa shape index (κ1) is 15.4. The molecule has 0 aliphatic carbocycles. The Bertz CT molecular complexity index is 1130. The van der Waals surface area contributed by atoms with E-state index in [-0.39, 0.29) is 5.56 Å². The van der Waals surface area contributed by atoms with Gasteiger partial charge in [0.05, 0.1) is 12.1 Å². The Morgan fingerprint density at radius 1 is 1.04 bits per heavy atom. The zero-order valence-electron chi connectivity index (χ0n) is 14.1. The van der Waals surface area contributed by atoms with Gasteiger partial charge in [-0.3, -0.25) is 9.36 Å². The van der Waals surface area contributed by atoms with Crippen LogP contribution in [-0.2, 0) is 13.0 Å². The maximum Gasteiger partial charge on any atom is 0.254 e. The fraction of sp³-hybridized carbons (Fsp3) is 0.143. The number of aryl methyl sites for hydroxylation is 1. The van der Waals surface area contributed by atoms with Crippen LogP contribution < -0.4 is 11.3 Å². The van der Waals surface area contributed by atoms with Crippen LogP contribution in [0.3, 0.4) is 0 Å². The van der Waals surface area contributed by atoms with E-state index in [1.165, 1.54) is 11.6 Å². The zero-order valence-corrected chi connectivity index (χ0v) is 14.1. The molecule has 2 N–H and O–H groups in total. The lowest BCUT2D eigenvalue weighted by molar-refractivity contribution is 0.785. The van der Waals surface area contributed by atoms with Gasteiger partial charge in [-0.25, -0.2) is 4.98 Å². The van der Waals surface area contributed by atoms with Crippen molar-refractivity contribution in [1.29, 1.82) is 0 Å². The maximum atomic E-state index is 12.6. The van der Waals surface area contributed by atoms with Crippen molar-refractivity contribution < 1.29 is 0 Å². The van der Waals surface area contributed by atoms with Crippen LogP contribution in [0.2, 0.25) is 0 Å². The van der Waals surface area contributed by atoms with E-state index in [2.05, 4.69) is 13.0 Å². The highest BCUT2D eigenvalue weighted by molar-refractivity contribution is 5.98. The molecular formula is C21H19N3O. The Hall–Kier alpha value is -3.14. The van der Waals surface area contributed by atoms with Crippen molar-refractivity contribution >= 4 is 27.6 Å². The molecule has 0 spiro atoms. The fourth-order valence-corrected chi connectivity index (χ4v) is 3.27. The molecule has 4 nitrogen and oxygen atoms in total. The number of anilines is 1. The maximum absolute atomic E-state index is 12.6. The van der Waals surface area contributed by atoms with Gasteiger partial charge in [0.1, 0.15) is 5.65 Å². The Morgan fingerprint density at radius 2 is 1.84 bits per heavy atom. The number of benzene rings is 2. The number of nitrogen functional groups attached to an aromatic ring is 1. The third-order valence-corrected chi connectivity index (χ3v) is 4.59. The molecule has 4 heteroatoms. The monoisotopic (exact) mass is 329 g/mol. The first-order valence-corrected chi connectivity index (χ1v) is 8.43. The average molecular weight is 329 g/mol. The minimum absolute atomic E-state index is 0.130. The first-order chi connectivity index (χ1) is 12.2. The summed E-state index contributed by atoms with van der Waals surface area (Å²) in [5.41, 5.74) is 10.3. The van der Waals surface area contributed by atoms with Gasteiger partial charge in [0.15, 0.2) is 0 Å². The highest BCUT2D eigenvalue weighted by Gasteiger charge is 2.12. The van der Waals surface area contributed by atoms with Gasteiger partial charge in [0.2, 0.25) is 0 Å². The molecule has 25 heavy (non-hydrogen) atoms. The van der Waals surface area contributed by atoms with Crippen molar-refractivity contribution in [2.75, 3.05) is 5.73 Å². The standard InChI is InChI=1S/C21H19N3O/c1-2-15-9-6-10-16-11-17-18(22)12-19(25)24(21(17)23-20(15)16)13-14-7-4-3-5-8-14/h3-12H,2,13,22H2,1H3. The number of hydrogen-bond acceptors (Lipinski definition) is 3. The van der Waals surface area contributed by atoms with Gasteiger partial charge in [0, 0.05) is 22.5 Å². The Balaban J connectivity index is 2.04. The second kappa shape index (κ2) is 6.06. The van der Waals surface area contributed by atoms with Crippen LogP contribution >= 0.6 is 0 Å². The quantitative estimate of drug-likeness (QED) is 0.582. The molecule has 2 aromatic heterocycles. The van der Waals surface area contributed by atoms with E-state index in [1.54, 1.807) is 4.57 Å². The SMILES string of the molecule is CCc1cccc2cc3c(N)cc(=O)n(Cc4ccccc4)c3nc12. The van der Waals surface area contributed by atoms with Crippen LogP contribution in [0.5, 0.6) is 0 Å². The summed E-state index contributed by atoms with van der Waals surface area (Å²) in [6.07, 6.45) is 0.890. The summed E-state index contributed by atoms with van der Waals surface area (Å²) < 4.78 is 1.70. The van der Waals surface area contributed by atoms with Gasteiger partial charge in [-0.1, -0.05) is 55.5 Å². The Kier molecular flexibility index (Phi) is 3.73. The Labute approximate surface area is 145 Å². The molecular weight excluding hydrogens is 310 g/mol. The normalized spacial score (nSPS) is 11.2. The molecule has 0 aliphatic rings. The number of para-hydroxylation sites is 1. The van der Waals surface area contributed by atoms with Crippen molar-refractivity contribution in [3.8, 4) is 0 Å². The summed E-state index contributed by atoms with van der Waals surface area (Å²) in [7, 11) is 0. The van der Waals surface area contributed by atoms with E-state index in [9.17, 15) is 4.79 Å². The van der Waals surface area contributed by atoms with Crippen LogP contribution in [0.25, 0.3) is 21.9 Å².